The van der Waals surface area contributed by atoms with E-state index in [1.165, 1.54) is 0 Å². The van der Waals surface area contributed by atoms with Gasteiger partial charge in [0.25, 0.3) is 0 Å². The van der Waals surface area contributed by atoms with Crippen molar-refractivity contribution < 1.29 is 9.53 Å². The fourth-order valence-corrected chi connectivity index (χ4v) is 1.27. The number of hydrogen-bond donors (Lipinski definition) is 1. The van der Waals surface area contributed by atoms with E-state index < -0.39 is 11.7 Å². The largest absolute Gasteiger partial charge is 0.444 e. The first-order valence-electron chi connectivity index (χ1n) is 5.04. The van der Waals surface area contributed by atoms with Crippen molar-refractivity contribution in [2.75, 3.05) is 5.32 Å². The van der Waals surface area contributed by atoms with Gasteiger partial charge in [0.1, 0.15) is 13.4 Å². The molecule has 1 aromatic rings. The van der Waals surface area contributed by atoms with Gasteiger partial charge in [-0.3, -0.25) is 5.32 Å². The van der Waals surface area contributed by atoms with E-state index in [0.29, 0.717) is 10.7 Å². The van der Waals surface area contributed by atoms with Crippen LogP contribution in [-0.4, -0.2) is 19.5 Å². The Labute approximate surface area is 102 Å². The fraction of sp³-hybridized carbons (Fsp3) is 0.364. The van der Waals surface area contributed by atoms with E-state index in [9.17, 15) is 4.79 Å². The molecule has 1 amide bonds. The summed E-state index contributed by atoms with van der Waals surface area (Å²) in [5, 5.41) is 3.24. The summed E-state index contributed by atoms with van der Waals surface area (Å²) in [6.07, 6.45) is -0.479. The van der Waals surface area contributed by atoms with E-state index in [0.717, 1.165) is 5.46 Å². The number of anilines is 1. The Bertz CT molecular complexity index is 401. The summed E-state index contributed by atoms with van der Waals surface area (Å²) < 4.78 is 5.12. The summed E-state index contributed by atoms with van der Waals surface area (Å²) >= 11 is 5.94. The van der Waals surface area contributed by atoms with Crippen molar-refractivity contribution in [2.24, 2.45) is 0 Å². The van der Waals surface area contributed by atoms with E-state index in [1.54, 1.807) is 12.1 Å². The topological polar surface area (TPSA) is 38.3 Å². The Morgan fingerprint density at radius 3 is 2.56 bits per heavy atom. The quantitative estimate of drug-likeness (QED) is 0.761. The van der Waals surface area contributed by atoms with Crippen LogP contribution in [-0.2, 0) is 4.74 Å². The molecular formula is C11H15BClNO2. The van der Waals surface area contributed by atoms with Crippen molar-refractivity contribution in [3.8, 4) is 0 Å². The molecule has 0 aliphatic heterocycles. The van der Waals surface area contributed by atoms with Crippen molar-refractivity contribution in [3.63, 3.8) is 0 Å². The summed E-state index contributed by atoms with van der Waals surface area (Å²) in [5.41, 5.74) is 1.10. The van der Waals surface area contributed by atoms with E-state index >= 15 is 0 Å². The van der Waals surface area contributed by atoms with E-state index in [1.807, 2.05) is 34.7 Å². The number of benzene rings is 1. The Balaban J connectivity index is 2.67. The van der Waals surface area contributed by atoms with Crippen molar-refractivity contribution in [2.45, 2.75) is 26.4 Å². The summed E-state index contributed by atoms with van der Waals surface area (Å²) in [6, 6.07) is 5.32. The van der Waals surface area contributed by atoms with Crippen molar-refractivity contribution >= 4 is 36.7 Å². The SMILES string of the molecule is Bc1ccc(NC(=O)OC(C)(C)C)cc1Cl. The smallest absolute Gasteiger partial charge is 0.412 e. The van der Waals surface area contributed by atoms with Gasteiger partial charge in [-0.2, -0.15) is 0 Å². The van der Waals surface area contributed by atoms with E-state index in [4.69, 9.17) is 16.3 Å². The van der Waals surface area contributed by atoms with Gasteiger partial charge in [-0.1, -0.05) is 23.1 Å². The van der Waals surface area contributed by atoms with Crippen LogP contribution in [0.5, 0.6) is 0 Å². The Kier molecular flexibility index (Phi) is 3.86. The first-order chi connectivity index (χ1) is 7.28. The second kappa shape index (κ2) is 4.79. The van der Waals surface area contributed by atoms with Gasteiger partial charge in [0.05, 0.1) is 0 Å². The number of carbonyl (C=O) groups is 1. The Morgan fingerprint density at radius 2 is 2.06 bits per heavy atom. The Hall–Kier alpha value is -1.16. The molecule has 86 valence electrons. The lowest BCUT2D eigenvalue weighted by molar-refractivity contribution is 0.0636. The average Bonchev–Trinajstić information content (AvgIpc) is 2.08. The van der Waals surface area contributed by atoms with Gasteiger partial charge in [-0.15, -0.1) is 0 Å². The molecule has 16 heavy (non-hydrogen) atoms. The highest BCUT2D eigenvalue weighted by Gasteiger charge is 2.16. The molecule has 0 heterocycles. The van der Waals surface area contributed by atoms with Crippen LogP contribution in [0.2, 0.25) is 5.02 Å². The van der Waals surface area contributed by atoms with Crippen LogP contribution >= 0.6 is 11.6 Å². The van der Waals surface area contributed by atoms with Crippen LogP contribution < -0.4 is 10.8 Å². The molecule has 1 rings (SSSR count). The van der Waals surface area contributed by atoms with Gasteiger partial charge in [0.2, 0.25) is 0 Å². The second-order valence-electron chi connectivity index (χ2n) is 4.59. The third-order valence-corrected chi connectivity index (χ3v) is 2.22. The van der Waals surface area contributed by atoms with Gasteiger partial charge < -0.3 is 4.74 Å². The summed E-state index contributed by atoms with van der Waals surface area (Å²) in [5.74, 6) is 0. The summed E-state index contributed by atoms with van der Waals surface area (Å²) in [6.45, 7) is 5.44. The molecule has 0 saturated carbocycles. The van der Waals surface area contributed by atoms with Gasteiger partial charge in [-0.25, -0.2) is 4.79 Å². The normalized spacial score (nSPS) is 11.0. The highest BCUT2D eigenvalue weighted by atomic mass is 35.5. The molecule has 0 atom stereocenters. The van der Waals surface area contributed by atoms with Crippen molar-refractivity contribution in [3.05, 3.63) is 23.2 Å². The minimum Gasteiger partial charge on any atom is -0.444 e. The maximum Gasteiger partial charge on any atom is 0.412 e. The third kappa shape index (κ3) is 4.15. The number of carbonyl (C=O) groups excluding carboxylic acids is 1. The van der Waals surface area contributed by atoms with E-state index in [-0.39, 0.29) is 0 Å². The average molecular weight is 240 g/mol. The zero-order valence-electron chi connectivity index (χ0n) is 9.93. The molecule has 0 aliphatic rings. The summed E-state index contributed by atoms with van der Waals surface area (Å²) in [4.78, 5) is 11.4. The zero-order valence-corrected chi connectivity index (χ0v) is 10.7. The molecular weight excluding hydrogens is 224 g/mol. The van der Waals surface area contributed by atoms with Gasteiger partial charge in [0.15, 0.2) is 0 Å². The number of rotatable bonds is 1. The molecule has 0 radical (unpaired) electrons. The molecule has 0 spiro atoms. The van der Waals surface area contributed by atoms with Gasteiger partial charge in [0, 0.05) is 10.7 Å². The maximum atomic E-state index is 11.4. The number of halogens is 1. The maximum absolute atomic E-state index is 11.4. The third-order valence-electron chi connectivity index (χ3n) is 1.82. The molecule has 3 nitrogen and oxygen atoms in total. The molecule has 5 heteroatoms. The minimum atomic E-state index is -0.501. The number of nitrogens with one attached hydrogen (secondary N) is 1. The predicted molar refractivity (Wildman–Crippen MR) is 69.5 cm³/mol. The van der Waals surface area contributed by atoms with Gasteiger partial charge in [-0.05, 0) is 32.9 Å². The predicted octanol–water partition coefficient (Wildman–Crippen LogP) is 1.95. The standard InChI is InChI=1S/C11H15BClNO2/c1-11(2,3)16-10(15)14-7-4-5-8(12)9(13)6-7/h4-6H,12H2,1-3H3,(H,14,15). The van der Waals surface area contributed by atoms with Crippen LogP contribution in [0.1, 0.15) is 20.8 Å². The molecule has 1 N–H and O–H groups in total. The van der Waals surface area contributed by atoms with Crippen molar-refractivity contribution in [1.82, 2.24) is 0 Å². The van der Waals surface area contributed by atoms with Gasteiger partial charge >= 0.3 is 6.09 Å². The van der Waals surface area contributed by atoms with Crippen LogP contribution in [0.3, 0.4) is 0 Å². The zero-order chi connectivity index (χ0) is 12.3. The highest BCUT2D eigenvalue weighted by Crippen LogP contribution is 2.14. The number of hydrogen-bond acceptors (Lipinski definition) is 2. The lowest BCUT2D eigenvalue weighted by Crippen LogP contribution is -2.27. The number of ether oxygens (including phenoxy) is 1. The number of amides is 1. The molecule has 0 bridgehead atoms. The molecule has 1 aromatic carbocycles. The minimum absolute atomic E-state index is 0.479. The first kappa shape index (κ1) is 12.9. The highest BCUT2D eigenvalue weighted by molar-refractivity contribution is 6.45. The molecule has 0 aromatic heterocycles. The van der Waals surface area contributed by atoms with Crippen LogP contribution in [0, 0.1) is 0 Å². The molecule has 0 aliphatic carbocycles. The summed E-state index contributed by atoms with van der Waals surface area (Å²) in [7, 11) is 1.90. The molecule has 0 saturated heterocycles. The molecule has 0 unspecified atom stereocenters. The van der Waals surface area contributed by atoms with E-state index in [2.05, 4.69) is 5.32 Å². The first-order valence-corrected chi connectivity index (χ1v) is 5.42. The Morgan fingerprint density at radius 1 is 1.44 bits per heavy atom. The lowest BCUT2D eigenvalue weighted by atomic mass is 9.96. The monoisotopic (exact) mass is 239 g/mol. The van der Waals surface area contributed by atoms with Crippen molar-refractivity contribution in [1.29, 1.82) is 0 Å². The van der Waals surface area contributed by atoms with Crippen LogP contribution in [0.25, 0.3) is 0 Å². The lowest BCUT2D eigenvalue weighted by Gasteiger charge is -2.19. The van der Waals surface area contributed by atoms with Crippen LogP contribution in [0.15, 0.2) is 18.2 Å². The molecule has 0 fully saturated rings. The fourth-order valence-electron chi connectivity index (χ4n) is 1.09. The second-order valence-corrected chi connectivity index (χ2v) is 5.00. The van der Waals surface area contributed by atoms with Crippen LogP contribution in [0.4, 0.5) is 10.5 Å².